The normalized spacial score (nSPS) is 11.4. The maximum atomic E-state index is 4.57. The van der Waals surface area contributed by atoms with Gasteiger partial charge in [0.15, 0.2) is 6.20 Å². The summed E-state index contributed by atoms with van der Waals surface area (Å²) in [5.74, 6) is 1.47. The first-order valence-corrected chi connectivity index (χ1v) is 10.6. The molecule has 2 aromatic heterocycles. The third-order valence-corrected chi connectivity index (χ3v) is 5.81. The lowest BCUT2D eigenvalue weighted by atomic mass is 9.96. The zero-order chi connectivity index (χ0) is 21.4. The van der Waals surface area contributed by atoms with Gasteiger partial charge >= 0.3 is 0 Å². The van der Waals surface area contributed by atoms with Crippen LogP contribution in [-0.2, 0) is 13.5 Å². The summed E-state index contributed by atoms with van der Waals surface area (Å²) in [6, 6.07) is 13.4. The van der Waals surface area contributed by atoms with Crippen LogP contribution >= 0.6 is 0 Å². The lowest BCUT2D eigenvalue weighted by Crippen LogP contribution is -2.30. The fourth-order valence-corrected chi connectivity index (χ4v) is 4.07. The summed E-state index contributed by atoms with van der Waals surface area (Å²) in [4.78, 5) is 9.14. The molecule has 3 heteroatoms. The monoisotopic (exact) mass is 396 g/mol. The molecule has 2 heterocycles. The molecular formula is C27H30N3+. The van der Waals surface area contributed by atoms with Gasteiger partial charge < -0.3 is 0 Å². The van der Waals surface area contributed by atoms with Crippen molar-refractivity contribution in [2.24, 2.45) is 13.0 Å². The van der Waals surface area contributed by atoms with Crippen molar-refractivity contribution in [1.29, 1.82) is 0 Å². The van der Waals surface area contributed by atoms with Crippen molar-refractivity contribution in [2.75, 3.05) is 0 Å². The van der Waals surface area contributed by atoms with E-state index in [1.54, 1.807) is 0 Å². The molecule has 3 nitrogen and oxygen atoms in total. The molecule has 0 N–H and O–H groups in total. The van der Waals surface area contributed by atoms with Crippen LogP contribution in [0.4, 0.5) is 0 Å². The van der Waals surface area contributed by atoms with Gasteiger partial charge in [0.05, 0.1) is 0 Å². The van der Waals surface area contributed by atoms with Crippen LogP contribution in [0.25, 0.3) is 33.2 Å². The second-order valence-electron chi connectivity index (χ2n) is 8.85. The molecule has 0 aliphatic heterocycles. The quantitative estimate of drug-likeness (QED) is 0.401. The van der Waals surface area contributed by atoms with Crippen molar-refractivity contribution in [3.05, 3.63) is 77.5 Å². The predicted molar refractivity (Wildman–Crippen MR) is 124 cm³/mol. The maximum absolute atomic E-state index is 4.57. The van der Waals surface area contributed by atoms with Gasteiger partial charge in [-0.15, -0.1) is 0 Å². The SMILES string of the molecule is Cc1cc(C)c(C)c(-c2cc3cc(-c4cnc(CC(C)C)nc4)ccc3c[n+]2C)c1. The van der Waals surface area contributed by atoms with E-state index in [4.69, 9.17) is 0 Å². The Morgan fingerprint density at radius 1 is 0.867 bits per heavy atom. The lowest BCUT2D eigenvalue weighted by molar-refractivity contribution is -0.659. The largest absolute Gasteiger partial charge is 0.241 e. The molecule has 0 aliphatic rings. The van der Waals surface area contributed by atoms with Gasteiger partial charge in [-0.05, 0) is 67.0 Å². The topological polar surface area (TPSA) is 29.7 Å². The third-order valence-electron chi connectivity index (χ3n) is 5.81. The summed E-state index contributed by atoms with van der Waals surface area (Å²) in [6.07, 6.45) is 7.02. The van der Waals surface area contributed by atoms with Crippen LogP contribution < -0.4 is 4.57 Å². The van der Waals surface area contributed by atoms with Crippen LogP contribution in [0.2, 0.25) is 0 Å². The van der Waals surface area contributed by atoms with E-state index in [-0.39, 0.29) is 0 Å². The van der Waals surface area contributed by atoms with Crippen molar-refractivity contribution in [3.63, 3.8) is 0 Å². The van der Waals surface area contributed by atoms with E-state index in [2.05, 4.69) is 98.8 Å². The molecule has 0 saturated carbocycles. The fraction of sp³-hybridized carbons (Fsp3) is 0.296. The molecule has 0 radical (unpaired) electrons. The van der Waals surface area contributed by atoms with Gasteiger partial charge in [0, 0.05) is 41.4 Å². The molecule has 4 aromatic rings. The smallest absolute Gasteiger partial charge is 0.213 e. The van der Waals surface area contributed by atoms with Crippen LogP contribution in [0.5, 0.6) is 0 Å². The first kappa shape index (κ1) is 20.2. The number of aromatic nitrogens is 3. The first-order valence-electron chi connectivity index (χ1n) is 10.6. The van der Waals surface area contributed by atoms with E-state index in [0.717, 1.165) is 23.4 Å². The standard InChI is InChI=1S/C27H30N3/c1-17(2)9-27-28-14-24(15-29-27)21-7-8-22-16-30(6)26(13-23(22)12-21)25-11-18(3)10-19(4)20(25)5/h7-8,10-17H,9H2,1-6H3/q+1. The van der Waals surface area contributed by atoms with Gasteiger partial charge in [-0.1, -0.05) is 31.5 Å². The molecule has 0 aliphatic carbocycles. The van der Waals surface area contributed by atoms with E-state index in [9.17, 15) is 0 Å². The van der Waals surface area contributed by atoms with Crippen molar-refractivity contribution in [3.8, 4) is 22.4 Å². The Hall–Kier alpha value is -3.07. The van der Waals surface area contributed by atoms with Crippen LogP contribution in [0.3, 0.4) is 0 Å². The third kappa shape index (κ3) is 3.97. The molecule has 0 amide bonds. The number of nitrogens with zero attached hydrogens (tertiary/aromatic N) is 3. The summed E-state index contributed by atoms with van der Waals surface area (Å²) in [6.45, 7) is 10.9. The highest BCUT2D eigenvalue weighted by Crippen LogP contribution is 2.29. The molecule has 0 spiro atoms. The van der Waals surface area contributed by atoms with Crippen LogP contribution in [0, 0.1) is 26.7 Å². The Bertz CT molecular complexity index is 1220. The maximum Gasteiger partial charge on any atom is 0.213 e. The van der Waals surface area contributed by atoms with Crippen LogP contribution in [0.15, 0.2) is 55.0 Å². The Morgan fingerprint density at radius 3 is 2.30 bits per heavy atom. The van der Waals surface area contributed by atoms with Crippen molar-refractivity contribution >= 4 is 10.8 Å². The molecule has 0 bridgehead atoms. The van der Waals surface area contributed by atoms with Gasteiger partial charge in [-0.25, -0.2) is 14.5 Å². The number of rotatable bonds is 4. The molecule has 2 aromatic carbocycles. The molecule has 0 saturated heterocycles. The van der Waals surface area contributed by atoms with E-state index in [1.807, 2.05) is 12.4 Å². The van der Waals surface area contributed by atoms with Gasteiger partial charge in [-0.2, -0.15) is 0 Å². The summed E-state index contributed by atoms with van der Waals surface area (Å²) in [5, 5.41) is 2.45. The number of pyridine rings is 1. The first-order chi connectivity index (χ1) is 14.3. The number of aryl methyl sites for hydroxylation is 3. The molecular weight excluding hydrogens is 366 g/mol. The van der Waals surface area contributed by atoms with Crippen molar-refractivity contribution in [2.45, 2.75) is 41.0 Å². The van der Waals surface area contributed by atoms with E-state index < -0.39 is 0 Å². The van der Waals surface area contributed by atoms with Gasteiger partial charge in [0.2, 0.25) is 5.69 Å². The number of benzene rings is 2. The second kappa shape index (κ2) is 7.98. The molecule has 30 heavy (non-hydrogen) atoms. The predicted octanol–water partition coefficient (Wildman–Crippen LogP) is 5.91. The highest BCUT2D eigenvalue weighted by molar-refractivity contribution is 5.88. The van der Waals surface area contributed by atoms with Gasteiger partial charge in [0.1, 0.15) is 12.9 Å². The summed E-state index contributed by atoms with van der Waals surface area (Å²) < 4.78 is 2.23. The summed E-state index contributed by atoms with van der Waals surface area (Å²) >= 11 is 0. The minimum absolute atomic E-state index is 0.560. The Labute approximate surface area is 179 Å². The summed E-state index contributed by atoms with van der Waals surface area (Å²) in [5.41, 5.74) is 8.69. The Kier molecular flexibility index (Phi) is 5.38. The van der Waals surface area contributed by atoms with Crippen LogP contribution in [0.1, 0.15) is 36.4 Å². The molecule has 152 valence electrons. The number of hydrogen-bond donors (Lipinski definition) is 0. The van der Waals surface area contributed by atoms with Crippen molar-refractivity contribution in [1.82, 2.24) is 9.97 Å². The zero-order valence-corrected chi connectivity index (χ0v) is 18.8. The number of fused-ring (bicyclic) bond motifs is 1. The minimum Gasteiger partial charge on any atom is -0.241 e. The Morgan fingerprint density at radius 2 is 1.60 bits per heavy atom. The fourth-order valence-electron chi connectivity index (χ4n) is 4.07. The van der Waals surface area contributed by atoms with Gasteiger partial charge in [-0.3, -0.25) is 0 Å². The second-order valence-corrected chi connectivity index (χ2v) is 8.85. The van der Waals surface area contributed by atoms with Crippen LogP contribution in [-0.4, -0.2) is 9.97 Å². The van der Waals surface area contributed by atoms with E-state index in [1.165, 1.54) is 38.7 Å². The van der Waals surface area contributed by atoms with E-state index >= 15 is 0 Å². The lowest BCUT2D eigenvalue weighted by Gasteiger charge is -2.11. The average molecular weight is 397 g/mol. The van der Waals surface area contributed by atoms with Gasteiger partial charge in [0.25, 0.3) is 0 Å². The zero-order valence-electron chi connectivity index (χ0n) is 18.8. The molecule has 0 unspecified atom stereocenters. The molecule has 4 rings (SSSR count). The highest BCUT2D eigenvalue weighted by Gasteiger charge is 2.16. The van der Waals surface area contributed by atoms with Crippen molar-refractivity contribution < 1.29 is 4.57 Å². The number of hydrogen-bond acceptors (Lipinski definition) is 2. The summed E-state index contributed by atoms with van der Waals surface area (Å²) in [7, 11) is 2.13. The highest BCUT2D eigenvalue weighted by atomic mass is 14.9. The Balaban J connectivity index is 1.79. The van der Waals surface area contributed by atoms with E-state index in [0.29, 0.717) is 5.92 Å². The molecule has 0 fully saturated rings. The minimum atomic E-state index is 0.560. The molecule has 0 atom stereocenters. The average Bonchev–Trinajstić information content (AvgIpc) is 2.70.